The van der Waals surface area contributed by atoms with Gasteiger partial charge in [0, 0.05) is 33.2 Å². The summed E-state index contributed by atoms with van der Waals surface area (Å²) in [5, 5.41) is 4.02. The molecule has 0 spiro atoms. The van der Waals surface area contributed by atoms with Crippen LogP contribution in [0, 0.1) is 0 Å². The summed E-state index contributed by atoms with van der Waals surface area (Å²) in [5.41, 5.74) is 0.979. The molecule has 4 heteroatoms. The highest BCUT2D eigenvalue weighted by molar-refractivity contribution is 5.80. The van der Waals surface area contributed by atoms with Crippen LogP contribution in [-0.4, -0.2) is 28.8 Å². The summed E-state index contributed by atoms with van der Waals surface area (Å²) in [6, 6.07) is 0. The van der Waals surface area contributed by atoms with Crippen LogP contribution in [0.15, 0.2) is 12.4 Å². The number of rotatable bonds is 6. The fourth-order valence-corrected chi connectivity index (χ4v) is 1.36. The largest absolute Gasteiger partial charge is 0.382 e. The Morgan fingerprint density at radius 2 is 2.40 bits per heavy atom. The Balaban J connectivity index is 2.30. The summed E-state index contributed by atoms with van der Waals surface area (Å²) in [6.07, 6.45) is 5.60. The molecule has 0 aliphatic rings. The Morgan fingerprint density at radius 3 is 2.93 bits per heavy atom. The van der Waals surface area contributed by atoms with Crippen molar-refractivity contribution in [1.82, 2.24) is 9.78 Å². The van der Waals surface area contributed by atoms with Crippen LogP contribution in [0.5, 0.6) is 0 Å². The van der Waals surface area contributed by atoms with Gasteiger partial charge in [-0.25, -0.2) is 0 Å². The van der Waals surface area contributed by atoms with Gasteiger partial charge in [-0.3, -0.25) is 9.48 Å². The highest BCUT2D eigenvalue weighted by Crippen LogP contribution is 2.05. The first kappa shape index (κ1) is 11.9. The number of methoxy groups -OCH3 is 1. The van der Waals surface area contributed by atoms with E-state index in [2.05, 4.69) is 5.10 Å². The van der Waals surface area contributed by atoms with E-state index in [0.29, 0.717) is 12.8 Å². The monoisotopic (exact) mass is 210 g/mol. The van der Waals surface area contributed by atoms with Crippen LogP contribution in [-0.2, 0) is 23.0 Å². The third-order valence-electron chi connectivity index (χ3n) is 2.39. The number of aromatic nitrogens is 2. The molecule has 4 nitrogen and oxygen atoms in total. The number of Topliss-reactive ketones (excluding diaryl/α,β-unsaturated/α-hetero) is 1. The minimum atomic E-state index is 0.155. The van der Waals surface area contributed by atoms with Crippen LogP contribution in [0.2, 0.25) is 0 Å². The first-order valence-electron chi connectivity index (χ1n) is 5.14. The van der Waals surface area contributed by atoms with Crippen molar-refractivity contribution in [2.45, 2.75) is 32.3 Å². The molecule has 84 valence electrons. The van der Waals surface area contributed by atoms with Crippen molar-refractivity contribution in [3.63, 3.8) is 0 Å². The van der Waals surface area contributed by atoms with E-state index in [1.807, 2.05) is 20.2 Å². The van der Waals surface area contributed by atoms with E-state index < -0.39 is 0 Å². The summed E-state index contributed by atoms with van der Waals surface area (Å²) in [7, 11) is 3.51. The lowest BCUT2D eigenvalue weighted by atomic mass is 10.1. The summed E-state index contributed by atoms with van der Waals surface area (Å²) in [6.45, 7) is 1.97. The molecule has 1 atom stereocenters. The van der Waals surface area contributed by atoms with Gasteiger partial charge < -0.3 is 4.74 Å². The van der Waals surface area contributed by atoms with Crippen LogP contribution in [0.4, 0.5) is 0 Å². The first-order valence-corrected chi connectivity index (χ1v) is 5.14. The number of ether oxygens (including phenoxy) is 1. The van der Waals surface area contributed by atoms with E-state index in [9.17, 15) is 4.79 Å². The van der Waals surface area contributed by atoms with Gasteiger partial charge in [0.1, 0.15) is 5.78 Å². The van der Waals surface area contributed by atoms with Crippen molar-refractivity contribution in [3.8, 4) is 0 Å². The van der Waals surface area contributed by atoms with Gasteiger partial charge in [-0.2, -0.15) is 5.10 Å². The van der Waals surface area contributed by atoms with Crippen molar-refractivity contribution in [1.29, 1.82) is 0 Å². The Hall–Kier alpha value is -1.16. The van der Waals surface area contributed by atoms with Crippen molar-refractivity contribution < 1.29 is 9.53 Å². The lowest BCUT2D eigenvalue weighted by Gasteiger charge is -2.07. The second kappa shape index (κ2) is 5.66. The van der Waals surface area contributed by atoms with Gasteiger partial charge in [-0.05, 0) is 18.9 Å². The Labute approximate surface area is 90.2 Å². The number of hydrogen-bond acceptors (Lipinski definition) is 3. The molecule has 0 saturated heterocycles. The summed E-state index contributed by atoms with van der Waals surface area (Å²) >= 11 is 0. The molecule has 0 saturated carbocycles. The number of nitrogens with zero attached hydrogens (tertiary/aromatic N) is 2. The molecule has 0 bridgehead atoms. The Morgan fingerprint density at radius 1 is 1.67 bits per heavy atom. The van der Waals surface area contributed by atoms with Crippen molar-refractivity contribution in [3.05, 3.63) is 18.0 Å². The number of ketones is 1. The third kappa shape index (κ3) is 4.25. The second-order valence-corrected chi connectivity index (χ2v) is 3.82. The van der Waals surface area contributed by atoms with Gasteiger partial charge in [0.15, 0.2) is 0 Å². The lowest BCUT2D eigenvalue weighted by molar-refractivity contribution is -0.119. The van der Waals surface area contributed by atoms with Gasteiger partial charge in [0.05, 0.1) is 12.3 Å². The van der Waals surface area contributed by atoms with E-state index in [-0.39, 0.29) is 11.9 Å². The van der Waals surface area contributed by atoms with Gasteiger partial charge in [0.25, 0.3) is 0 Å². The van der Waals surface area contributed by atoms with Crippen molar-refractivity contribution in [2.75, 3.05) is 7.11 Å². The molecule has 0 amide bonds. The van der Waals surface area contributed by atoms with Gasteiger partial charge in [-0.1, -0.05) is 0 Å². The molecular weight excluding hydrogens is 192 g/mol. The summed E-state index contributed by atoms with van der Waals surface area (Å²) in [4.78, 5) is 11.5. The topological polar surface area (TPSA) is 44.1 Å². The van der Waals surface area contributed by atoms with Gasteiger partial charge >= 0.3 is 0 Å². The highest BCUT2D eigenvalue weighted by atomic mass is 16.5. The predicted molar refractivity (Wildman–Crippen MR) is 57.6 cm³/mol. The van der Waals surface area contributed by atoms with Crippen LogP contribution in [0.25, 0.3) is 0 Å². The zero-order valence-electron chi connectivity index (χ0n) is 9.56. The molecule has 0 aromatic carbocycles. The molecule has 0 aliphatic heterocycles. The molecular formula is C11H18N2O2. The Kier molecular flexibility index (Phi) is 4.49. The van der Waals surface area contributed by atoms with Crippen LogP contribution < -0.4 is 0 Å². The standard InChI is InChI=1S/C11H18N2O2/c1-9(15-3)4-5-11(14)6-10-7-12-13(2)8-10/h7-9H,4-6H2,1-3H3. The fourth-order valence-electron chi connectivity index (χ4n) is 1.36. The van der Waals surface area contributed by atoms with E-state index in [1.54, 1.807) is 18.0 Å². The maximum absolute atomic E-state index is 11.5. The molecule has 1 unspecified atom stereocenters. The minimum absolute atomic E-state index is 0.155. The van der Waals surface area contributed by atoms with Crippen LogP contribution >= 0.6 is 0 Å². The molecule has 1 heterocycles. The molecule has 1 aromatic rings. The molecule has 1 aromatic heterocycles. The zero-order valence-corrected chi connectivity index (χ0v) is 9.56. The van der Waals surface area contributed by atoms with Crippen molar-refractivity contribution in [2.24, 2.45) is 7.05 Å². The minimum Gasteiger partial charge on any atom is -0.382 e. The number of carbonyl (C=O) groups excluding carboxylic acids is 1. The molecule has 0 N–H and O–H groups in total. The highest BCUT2D eigenvalue weighted by Gasteiger charge is 2.07. The number of hydrogen-bond donors (Lipinski definition) is 0. The summed E-state index contributed by atoms with van der Waals surface area (Å²) < 4.78 is 6.79. The number of carbonyl (C=O) groups is 1. The van der Waals surface area contributed by atoms with E-state index in [1.165, 1.54) is 0 Å². The van der Waals surface area contributed by atoms with Gasteiger partial charge in [0.2, 0.25) is 0 Å². The first-order chi connectivity index (χ1) is 7.11. The molecule has 1 rings (SSSR count). The van der Waals surface area contributed by atoms with Crippen molar-refractivity contribution >= 4 is 5.78 Å². The van der Waals surface area contributed by atoms with Crippen LogP contribution in [0.3, 0.4) is 0 Å². The second-order valence-electron chi connectivity index (χ2n) is 3.82. The smallest absolute Gasteiger partial charge is 0.137 e. The zero-order chi connectivity index (χ0) is 11.3. The van der Waals surface area contributed by atoms with E-state index in [0.717, 1.165) is 12.0 Å². The predicted octanol–water partition coefficient (Wildman–Crippen LogP) is 1.35. The maximum atomic E-state index is 11.5. The quantitative estimate of drug-likeness (QED) is 0.711. The average molecular weight is 210 g/mol. The Bertz CT molecular complexity index is 320. The fraction of sp³-hybridized carbons (Fsp3) is 0.636. The molecule has 0 aliphatic carbocycles. The summed E-state index contributed by atoms with van der Waals surface area (Å²) in [5.74, 6) is 0.243. The van der Waals surface area contributed by atoms with Crippen LogP contribution in [0.1, 0.15) is 25.3 Å². The van der Waals surface area contributed by atoms with Gasteiger partial charge in [-0.15, -0.1) is 0 Å². The SMILES string of the molecule is COC(C)CCC(=O)Cc1cnn(C)c1. The molecule has 0 fully saturated rings. The normalized spacial score (nSPS) is 12.7. The average Bonchev–Trinajstić information content (AvgIpc) is 2.60. The van der Waals surface area contributed by atoms with E-state index in [4.69, 9.17) is 4.74 Å². The molecule has 0 radical (unpaired) electrons. The number of aryl methyl sites for hydroxylation is 1. The third-order valence-corrected chi connectivity index (χ3v) is 2.39. The maximum Gasteiger partial charge on any atom is 0.137 e. The molecule has 15 heavy (non-hydrogen) atoms. The lowest BCUT2D eigenvalue weighted by Crippen LogP contribution is -2.09. The van der Waals surface area contributed by atoms with E-state index >= 15 is 0 Å².